The average Bonchev–Trinajstić information content (AvgIpc) is 3.60. The van der Waals surface area contributed by atoms with Crippen LogP contribution in [0.3, 0.4) is 0 Å². The quantitative estimate of drug-likeness (QED) is 0.655. The number of nitrogens with two attached hydrogens (primary N) is 1. The minimum absolute atomic E-state index is 0.0518. The fraction of sp³-hybridized carbons (Fsp3) is 0.556. The molecule has 7 heteroatoms. The van der Waals surface area contributed by atoms with Crippen molar-refractivity contribution in [1.29, 1.82) is 0 Å². The van der Waals surface area contributed by atoms with Gasteiger partial charge in [-0.1, -0.05) is 23.7 Å². The zero-order valence-electron chi connectivity index (χ0n) is 19.7. The molecule has 0 bridgehead atoms. The number of hydrogen-bond acceptors (Lipinski definition) is 5. The number of aromatic nitrogens is 1. The molecule has 1 aliphatic carbocycles. The number of rotatable bonds is 6. The molecule has 0 radical (unpaired) electrons. The van der Waals surface area contributed by atoms with Gasteiger partial charge in [-0.05, 0) is 92.4 Å². The number of halogens is 1. The summed E-state index contributed by atoms with van der Waals surface area (Å²) in [6.07, 6.45) is 6.64. The largest absolute Gasteiger partial charge is 0.396 e. The minimum Gasteiger partial charge on any atom is -0.396 e. The number of carbonyl (C=O) groups excluding carboxylic acids is 1. The SMILES string of the molecule is Nc1cc(CN2CCC(C(=O)N3CCC([C@]4(c5ccc(Cl)cc5)C[C@H]4CO)CC3)CC2)ccn1. The summed E-state index contributed by atoms with van der Waals surface area (Å²) >= 11 is 6.12. The number of likely N-dealkylation sites (tertiary alicyclic amines) is 2. The molecule has 1 aromatic heterocycles. The number of aliphatic hydroxyl groups excluding tert-OH is 1. The monoisotopic (exact) mass is 482 g/mol. The highest BCUT2D eigenvalue weighted by Gasteiger charge is 2.59. The Hall–Kier alpha value is -2.15. The average molecular weight is 483 g/mol. The highest BCUT2D eigenvalue weighted by Crippen LogP contribution is 2.61. The van der Waals surface area contributed by atoms with Gasteiger partial charge in [-0.2, -0.15) is 0 Å². The Balaban J connectivity index is 1.14. The van der Waals surface area contributed by atoms with Crippen molar-refractivity contribution >= 4 is 23.3 Å². The number of carbonyl (C=O) groups is 1. The van der Waals surface area contributed by atoms with Crippen molar-refractivity contribution in [2.24, 2.45) is 17.8 Å². The maximum Gasteiger partial charge on any atom is 0.225 e. The van der Waals surface area contributed by atoms with E-state index in [9.17, 15) is 9.90 Å². The lowest BCUT2D eigenvalue weighted by molar-refractivity contribution is -0.138. The van der Waals surface area contributed by atoms with Gasteiger partial charge in [0.25, 0.3) is 0 Å². The lowest BCUT2D eigenvalue weighted by atomic mass is 9.75. The van der Waals surface area contributed by atoms with Crippen molar-refractivity contribution in [3.05, 3.63) is 58.7 Å². The summed E-state index contributed by atoms with van der Waals surface area (Å²) in [7, 11) is 0. The predicted octanol–water partition coefficient (Wildman–Crippen LogP) is 3.72. The maximum absolute atomic E-state index is 13.3. The van der Waals surface area contributed by atoms with Crippen LogP contribution >= 0.6 is 11.6 Å². The Morgan fingerprint density at radius 1 is 1.09 bits per heavy atom. The molecule has 3 N–H and O–H groups in total. The Bertz CT molecular complexity index is 1000. The van der Waals surface area contributed by atoms with Gasteiger partial charge in [-0.3, -0.25) is 9.69 Å². The topological polar surface area (TPSA) is 82.7 Å². The van der Waals surface area contributed by atoms with E-state index >= 15 is 0 Å². The molecular formula is C27H35ClN4O2. The molecule has 1 aromatic carbocycles. The number of hydrogen-bond donors (Lipinski definition) is 2. The lowest BCUT2D eigenvalue weighted by Gasteiger charge is -2.40. The maximum atomic E-state index is 13.3. The molecule has 0 unspecified atom stereocenters. The summed E-state index contributed by atoms with van der Waals surface area (Å²) < 4.78 is 0. The van der Waals surface area contributed by atoms with Gasteiger partial charge in [-0.25, -0.2) is 4.98 Å². The number of anilines is 1. The Morgan fingerprint density at radius 3 is 2.41 bits per heavy atom. The number of piperidine rings is 2. The van der Waals surface area contributed by atoms with E-state index in [0.717, 1.165) is 69.9 Å². The molecule has 3 fully saturated rings. The van der Waals surface area contributed by atoms with Crippen LogP contribution in [0, 0.1) is 17.8 Å². The highest BCUT2D eigenvalue weighted by atomic mass is 35.5. The summed E-state index contributed by atoms with van der Waals surface area (Å²) in [6.45, 7) is 4.62. The number of nitrogens with zero attached hydrogens (tertiary/aromatic N) is 3. The van der Waals surface area contributed by atoms with Crippen LogP contribution in [0.2, 0.25) is 5.02 Å². The molecule has 2 saturated heterocycles. The van der Waals surface area contributed by atoms with E-state index in [2.05, 4.69) is 26.9 Å². The van der Waals surface area contributed by atoms with Crippen molar-refractivity contribution in [3.63, 3.8) is 0 Å². The van der Waals surface area contributed by atoms with Crippen molar-refractivity contribution in [3.8, 4) is 0 Å². The predicted molar refractivity (Wildman–Crippen MR) is 134 cm³/mol. The van der Waals surface area contributed by atoms with Crippen LogP contribution in [-0.2, 0) is 16.8 Å². The van der Waals surface area contributed by atoms with E-state index in [0.29, 0.717) is 23.6 Å². The third kappa shape index (κ3) is 4.68. The zero-order chi connectivity index (χ0) is 23.7. The standard InChI is InChI=1S/C27H35ClN4O2/c28-24-3-1-21(2-4-24)27(16-23(27)18-33)22-8-13-32(14-9-22)26(34)20-6-11-31(12-7-20)17-19-5-10-30-25(29)15-19/h1-5,10,15,20,22-23,33H,6-9,11-14,16-18H2,(H2,29,30)/t23-,27+/m0/s1. The molecule has 6 nitrogen and oxygen atoms in total. The van der Waals surface area contributed by atoms with Gasteiger partial charge in [0, 0.05) is 48.8 Å². The molecule has 2 atom stereocenters. The first-order valence-electron chi connectivity index (χ1n) is 12.6. The molecule has 34 heavy (non-hydrogen) atoms. The molecule has 0 spiro atoms. The highest BCUT2D eigenvalue weighted by molar-refractivity contribution is 6.30. The first kappa shape index (κ1) is 23.6. The molecule has 2 aromatic rings. The van der Waals surface area contributed by atoms with E-state index < -0.39 is 0 Å². The third-order valence-corrected chi connectivity index (χ3v) is 8.73. The van der Waals surface area contributed by atoms with E-state index in [1.54, 1.807) is 6.20 Å². The Kier molecular flexibility index (Phi) is 6.83. The van der Waals surface area contributed by atoms with Crippen LogP contribution < -0.4 is 5.73 Å². The van der Waals surface area contributed by atoms with Crippen LogP contribution in [0.1, 0.15) is 43.2 Å². The van der Waals surface area contributed by atoms with Crippen molar-refractivity contribution in [1.82, 2.24) is 14.8 Å². The van der Waals surface area contributed by atoms with Crippen LogP contribution in [0.4, 0.5) is 5.82 Å². The van der Waals surface area contributed by atoms with Crippen LogP contribution in [0.5, 0.6) is 0 Å². The minimum atomic E-state index is 0.0518. The lowest BCUT2D eigenvalue weighted by Crippen LogP contribution is -2.46. The first-order chi connectivity index (χ1) is 16.5. The van der Waals surface area contributed by atoms with Gasteiger partial charge in [0.15, 0.2) is 0 Å². The molecule has 1 amide bonds. The summed E-state index contributed by atoms with van der Waals surface area (Å²) in [5.74, 6) is 1.85. The second-order valence-electron chi connectivity index (χ2n) is 10.4. The van der Waals surface area contributed by atoms with Crippen molar-refractivity contribution in [2.75, 3.05) is 38.5 Å². The smallest absolute Gasteiger partial charge is 0.225 e. The molecule has 3 aliphatic rings. The molecule has 182 valence electrons. The molecular weight excluding hydrogens is 448 g/mol. The summed E-state index contributed by atoms with van der Waals surface area (Å²) in [5, 5.41) is 10.7. The summed E-state index contributed by atoms with van der Waals surface area (Å²) in [6, 6.07) is 12.1. The fourth-order valence-electron chi connectivity index (χ4n) is 6.49. The Labute approximate surface area is 207 Å². The van der Waals surface area contributed by atoms with E-state index in [1.807, 2.05) is 24.3 Å². The van der Waals surface area contributed by atoms with Gasteiger partial charge < -0.3 is 15.7 Å². The van der Waals surface area contributed by atoms with E-state index in [1.165, 1.54) is 11.1 Å². The number of nitrogen functional groups attached to an aromatic ring is 1. The third-order valence-electron chi connectivity index (χ3n) is 8.48. The number of benzene rings is 1. The van der Waals surface area contributed by atoms with Gasteiger partial charge in [0.05, 0.1) is 0 Å². The Morgan fingerprint density at radius 2 is 1.79 bits per heavy atom. The molecule has 2 aliphatic heterocycles. The van der Waals surface area contributed by atoms with E-state index in [4.69, 9.17) is 17.3 Å². The second kappa shape index (κ2) is 9.84. The fourth-order valence-corrected chi connectivity index (χ4v) is 6.61. The second-order valence-corrected chi connectivity index (χ2v) is 10.8. The number of aliphatic hydroxyl groups is 1. The van der Waals surface area contributed by atoms with Gasteiger partial charge in [-0.15, -0.1) is 0 Å². The zero-order valence-corrected chi connectivity index (χ0v) is 20.5. The van der Waals surface area contributed by atoms with Crippen LogP contribution in [0.25, 0.3) is 0 Å². The van der Waals surface area contributed by atoms with Crippen molar-refractivity contribution in [2.45, 2.75) is 44.1 Å². The number of amides is 1. The normalized spacial score (nSPS) is 26.5. The van der Waals surface area contributed by atoms with Gasteiger partial charge in [0.1, 0.15) is 5.82 Å². The first-order valence-corrected chi connectivity index (χ1v) is 13.0. The molecule has 3 heterocycles. The molecule has 1 saturated carbocycles. The van der Waals surface area contributed by atoms with Gasteiger partial charge in [0.2, 0.25) is 5.91 Å². The van der Waals surface area contributed by atoms with Gasteiger partial charge >= 0.3 is 0 Å². The number of pyridine rings is 1. The summed E-state index contributed by atoms with van der Waals surface area (Å²) in [4.78, 5) is 21.9. The molecule has 5 rings (SSSR count). The summed E-state index contributed by atoms with van der Waals surface area (Å²) in [5.41, 5.74) is 8.33. The van der Waals surface area contributed by atoms with Crippen LogP contribution in [0.15, 0.2) is 42.6 Å². The van der Waals surface area contributed by atoms with Crippen molar-refractivity contribution < 1.29 is 9.90 Å². The van der Waals surface area contributed by atoms with E-state index in [-0.39, 0.29) is 17.9 Å². The van der Waals surface area contributed by atoms with Crippen LogP contribution in [-0.4, -0.2) is 58.6 Å².